The fourth-order valence-electron chi connectivity index (χ4n) is 2.35. The number of nitrogens with two attached hydrogens (primary N) is 1. The third-order valence-corrected chi connectivity index (χ3v) is 3.68. The molecule has 1 aliphatic rings. The highest BCUT2D eigenvalue weighted by molar-refractivity contribution is 5.94. The van der Waals surface area contributed by atoms with Crippen molar-refractivity contribution in [2.75, 3.05) is 11.9 Å². The van der Waals surface area contributed by atoms with Crippen molar-refractivity contribution in [3.8, 4) is 0 Å². The Morgan fingerprint density at radius 2 is 1.95 bits per heavy atom. The predicted octanol–water partition coefficient (Wildman–Crippen LogP) is 2.43. The zero-order valence-corrected chi connectivity index (χ0v) is 12.5. The lowest BCUT2D eigenvalue weighted by molar-refractivity contribution is -0.126. The molecule has 20 heavy (non-hydrogen) atoms. The third kappa shape index (κ3) is 3.58. The van der Waals surface area contributed by atoms with Crippen LogP contribution in [0.2, 0.25) is 0 Å². The minimum atomic E-state index is -0.370. The second kappa shape index (κ2) is 5.94. The summed E-state index contributed by atoms with van der Waals surface area (Å²) >= 11 is 0. The van der Waals surface area contributed by atoms with Crippen LogP contribution in [0, 0.1) is 0 Å². The van der Waals surface area contributed by atoms with Gasteiger partial charge >= 0.3 is 0 Å². The van der Waals surface area contributed by atoms with E-state index in [1.165, 1.54) is 5.56 Å². The molecule has 0 unspecified atom stereocenters. The van der Waals surface area contributed by atoms with Crippen LogP contribution >= 0.6 is 0 Å². The van der Waals surface area contributed by atoms with Crippen molar-refractivity contribution in [1.29, 1.82) is 0 Å². The molecule has 0 bridgehead atoms. The van der Waals surface area contributed by atoms with Crippen molar-refractivity contribution in [2.45, 2.75) is 51.2 Å². The van der Waals surface area contributed by atoms with E-state index in [1.807, 2.05) is 24.3 Å². The number of anilines is 1. The van der Waals surface area contributed by atoms with Gasteiger partial charge in [-0.25, -0.2) is 0 Å². The second-order valence-corrected chi connectivity index (χ2v) is 6.38. The fraction of sp³-hybridized carbons (Fsp3) is 0.562. The molecule has 1 aromatic rings. The van der Waals surface area contributed by atoms with Crippen molar-refractivity contribution >= 4 is 11.6 Å². The Morgan fingerprint density at radius 3 is 2.45 bits per heavy atom. The summed E-state index contributed by atoms with van der Waals surface area (Å²) in [5, 5.41) is 2.90. The molecule has 1 aliphatic heterocycles. The summed E-state index contributed by atoms with van der Waals surface area (Å²) in [6, 6.07) is 7.98. The van der Waals surface area contributed by atoms with Crippen LogP contribution in [0.5, 0.6) is 0 Å². The second-order valence-electron chi connectivity index (χ2n) is 6.38. The SMILES string of the molecule is CC(C)(C)c1ccc(NC(=O)[C@@H]2CC[C@H](CN)O2)cc1. The summed E-state index contributed by atoms with van der Waals surface area (Å²) in [7, 11) is 0. The molecule has 1 fully saturated rings. The first-order valence-electron chi connectivity index (χ1n) is 7.17. The van der Waals surface area contributed by atoms with Gasteiger partial charge in [-0.2, -0.15) is 0 Å². The lowest BCUT2D eigenvalue weighted by Gasteiger charge is -2.19. The normalized spacial score (nSPS) is 22.8. The molecule has 0 spiro atoms. The van der Waals surface area contributed by atoms with Crippen molar-refractivity contribution < 1.29 is 9.53 Å². The summed E-state index contributed by atoms with van der Waals surface area (Å²) in [6.45, 7) is 6.98. The molecule has 1 aromatic carbocycles. The maximum atomic E-state index is 12.1. The Balaban J connectivity index is 1.95. The molecule has 4 nitrogen and oxygen atoms in total. The molecule has 2 rings (SSSR count). The van der Waals surface area contributed by atoms with Crippen LogP contribution in [-0.4, -0.2) is 24.7 Å². The highest BCUT2D eigenvalue weighted by Gasteiger charge is 2.29. The van der Waals surface area contributed by atoms with Crippen molar-refractivity contribution in [2.24, 2.45) is 5.73 Å². The molecular formula is C16H24N2O2. The third-order valence-electron chi connectivity index (χ3n) is 3.68. The van der Waals surface area contributed by atoms with Gasteiger partial charge in [-0.1, -0.05) is 32.9 Å². The number of benzene rings is 1. The first kappa shape index (κ1) is 15.0. The van der Waals surface area contributed by atoms with Gasteiger partial charge in [0.1, 0.15) is 6.10 Å². The van der Waals surface area contributed by atoms with Gasteiger partial charge in [0.05, 0.1) is 6.10 Å². The average Bonchev–Trinajstić information content (AvgIpc) is 2.87. The molecule has 3 N–H and O–H groups in total. The fourth-order valence-corrected chi connectivity index (χ4v) is 2.35. The van der Waals surface area contributed by atoms with E-state index >= 15 is 0 Å². The molecular weight excluding hydrogens is 252 g/mol. The molecule has 4 heteroatoms. The zero-order chi connectivity index (χ0) is 14.8. The molecule has 0 saturated carbocycles. The lowest BCUT2D eigenvalue weighted by atomic mass is 9.87. The van der Waals surface area contributed by atoms with Crippen LogP contribution in [0.1, 0.15) is 39.2 Å². The molecule has 2 atom stereocenters. The van der Waals surface area contributed by atoms with Crippen molar-refractivity contribution in [1.82, 2.24) is 0 Å². The Labute approximate surface area is 120 Å². The maximum absolute atomic E-state index is 12.1. The van der Waals surface area contributed by atoms with E-state index in [4.69, 9.17) is 10.5 Å². The standard InChI is InChI=1S/C16H24N2O2/c1-16(2,3)11-4-6-12(7-5-11)18-15(19)14-9-8-13(10-17)20-14/h4-7,13-14H,8-10,17H2,1-3H3,(H,18,19)/t13-,14+/m1/s1. The molecule has 110 valence electrons. The van der Waals surface area contributed by atoms with Crippen LogP contribution in [0.15, 0.2) is 24.3 Å². The molecule has 1 heterocycles. The highest BCUT2D eigenvalue weighted by atomic mass is 16.5. The van der Waals surface area contributed by atoms with Gasteiger partial charge in [-0.3, -0.25) is 4.79 Å². The van der Waals surface area contributed by atoms with E-state index in [0.29, 0.717) is 6.54 Å². The summed E-state index contributed by atoms with van der Waals surface area (Å²) in [5.74, 6) is -0.0792. The number of hydrogen-bond acceptors (Lipinski definition) is 3. The van der Waals surface area contributed by atoms with Crippen LogP contribution in [0.3, 0.4) is 0 Å². The van der Waals surface area contributed by atoms with Crippen molar-refractivity contribution in [3.05, 3.63) is 29.8 Å². The summed E-state index contributed by atoms with van der Waals surface area (Å²) < 4.78 is 5.59. The Bertz CT molecular complexity index is 462. The van der Waals surface area contributed by atoms with Crippen LogP contribution < -0.4 is 11.1 Å². The Morgan fingerprint density at radius 1 is 1.30 bits per heavy atom. The van der Waals surface area contributed by atoms with Gasteiger partial charge in [-0.05, 0) is 36.0 Å². The number of carbonyl (C=O) groups excluding carboxylic acids is 1. The summed E-state index contributed by atoms with van der Waals surface area (Å²) in [5.41, 5.74) is 7.72. The van der Waals surface area contributed by atoms with Gasteiger partial charge in [-0.15, -0.1) is 0 Å². The van der Waals surface area contributed by atoms with Gasteiger partial charge in [0, 0.05) is 12.2 Å². The Kier molecular flexibility index (Phi) is 4.45. The molecule has 0 radical (unpaired) electrons. The minimum absolute atomic E-state index is 0.0222. The van der Waals surface area contributed by atoms with Crippen LogP contribution in [0.4, 0.5) is 5.69 Å². The van der Waals surface area contributed by atoms with E-state index in [9.17, 15) is 4.79 Å². The highest BCUT2D eigenvalue weighted by Crippen LogP contribution is 2.24. The smallest absolute Gasteiger partial charge is 0.253 e. The van der Waals surface area contributed by atoms with Gasteiger partial charge < -0.3 is 15.8 Å². The van der Waals surface area contributed by atoms with E-state index in [2.05, 4.69) is 26.1 Å². The summed E-state index contributed by atoms with van der Waals surface area (Å²) in [6.07, 6.45) is 1.26. The lowest BCUT2D eigenvalue weighted by Crippen LogP contribution is -2.29. The number of carbonyl (C=O) groups is 1. The first-order chi connectivity index (χ1) is 9.40. The number of ether oxygens (including phenoxy) is 1. The molecule has 1 saturated heterocycles. The molecule has 1 amide bonds. The summed E-state index contributed by atoms with van der Waals surface area (Å²) in [4.78, 5) is 12.1. The van der Waals surface area contributed by atoms with E-state index in [0.717, 1.165) is 18.5 Å². The first-order valence-corrected chi connectivity index (χ1v) is 7.17. The molecule has 0 aliphatic carbocycles. The van der Waals surface area contributed by atoms with E-state index in [-0.39, 0.29) is 23.5 Å². The van der Waals surface area contributed by atoms with Crippen LogP contribution in [-0.2, 0) is 14.9 Å². The van der Waals surface area contributed by atoms with Crippen LogP contribution in [0.25, 0.3) is 0 Å². The number of nitrogens with one attached hydrogen (secondary N) is 1. The maximum Gasteiger partial charge on any atom is 0.253 e. The van der Waals surface area contributed by atoms with Gasteiger partial charge in [0.15, 0.2) is 0 Å². The zero-order valence-electron chi connectivity index (χ0n) is 12.5. The number of amides is 1. The van der Waals surface area contributed by atoms with Gasteiger partial charge in [0.2, 0.25) is 0 Å². The Hall–Kier alpha value is -1.39. The van der Waals surface area contributed by atoms with Crippen molar-refractivity contribution in [3.63, 3.8) is 0 Å². The minimum Gasteiger partial charge on any atom is -0.364 e. The quantitative estimate of drug-likeness (QED) is 0.891. The number of rotatable bonds is 3. The molecule has 0 aromatic heterocycles. The van der Waals surface area contributed by atoms with Gasteiger partial charge in [0.25, 0.3) is 5.91 Å². The monoisotopic (exact) mass is 276 g/mol. The number of hydrogen-bond donors (Lipinski definition) is 2. The average molecular weight is 276 g/mol. The predicted molar refractivity (Wildman–Crippen MR) is 80.7 cm³/mol. The van der Waals surface area contributed by atoms with E-state index in [1.54, 1.807) is 0 Å². The largest absolute Gasteiger partial charge is 0.364 e. The van der Waals surface area contributed by atoms with E-state index < -0.39 is 0 Å². The topological polar surface area (TPSA) is 64.4 Å².